The highest BCUT2D eigenvalue weighted by Gasteiger charge is 2.33. The Morgan fingerprint density at radius 1 is 0.889 bits per heavy atom. The first-order valence-electron chi connectivity index (χ1n) is 8.56. The summed E-state index contributed by atoms with van der Waals surface area (Å²) in [6.45, 7) is 0.664. The maximum absolute atomic E-state index is 13.1. The van der Waals surface area contributed by atoms with Gasteiger partial charge in [-0.3, -0.25) is 0 Å². The molecule has 0 unspecified atom stereocenters. The van der Waals surface area contributed by atoms with Crippen LogP contribution in [0.3, 0.4) is 0 Å². The number of para-hydroxylation sites is 1. The van der Waals surface area contributed by atoms with Gasteiger partial charge < -0.3 is 10.6 Å². The molecule has 3 rings (SSSR count). The van der Waals surface area contributed by atoms with Gasteiger partial charge in [-0.2, -0.15) is 18.2 Å². The van der Waals surface area contributed by atoms with Crippen molar-refractivity contribution in [3.8, 4) is 0 Å². The fourth-order valence-electron chi connectivity index (χ4n) is 2.63. The average Bonchev–Trinajstić information content (AvgIpc) is 2.66. The molecule has 0 fully saturated rings. The van der Waals surface area contributed by atoms with Gasteiger partial charge in [0, 0.05) is 12.7 Å². The van der Waals surface area contributed by atoms with Crippen LogP contribution >= 0.6 is 0 Å². The van der Waals surface area contributed by atoms with Crippen LogP contribution in [0.4, 0.5) is 30.6 Å². The summed E-state index contributed by atoms with van der Waals surface area (Å²) in [5.41, 5.74) is 0.471. The number of hydrogen-bond donors (Lipinski definition) is 2. The van der Waals surface area contributed by atoms with Gasteiger partial charge in [0.15, 0.2) is 0 Å². The molecule has 0 atom stereocenters. The Balaban J connectivity index is 1.59. The first kappa shape index (κ1) is 18.7. The van der Waals surface area contributed by atoms with Crippen LogP contribution in [0, 0.1) is 0 Å². The van der Waals surface area contributed by atoms with Crippen molar-refractivity contribution < 1.29 is 13.2 Å². The van der Waals surface area contributed by atoms with Gasteiger partial charge in [-0.25, -0.2) is 4.98 Å². The number of nitrogens with zero attached hydrogens (tertiary/aromatic N) is 2. The lowest BCUT2D eigenvalue weighted by Gasteiger charge is -2.14. The number of benzene rings is 2. The van der Waals surface area contributed by atoms with E-state index in [0.29, 0.717) is 18.3 Å². The standard InChI is InChI=1S/C20H19F3N4/c21-20(22,23)16-10-4-5-11-17(16)26-18-12-14-25-19(27-18)24-13-6-9-15-7-2-1-3-8-15/h1-5,7-8,10-12,14H,6,9,13H2,(H2,24,25,26,27). The van der Waals surface area contributed by atoms with Crippen molar-refractivity contribution in [1.82, 2.24) is 9.97 Å². The molecule has 0 bridgehead atoms. The highest BCUT2D eigenvalue weighted by atomic mass is 19.4. The van der Waals surface area contributed by atoms with Crippen molar-refractivity contribution in [3.63, 3.8) is 0 Å². The molecule has 2 N–H and O–H groups in total. The predicted molar refractivity (Wildman–Crippen MR) is 100 cm³/mol. The Morgan fingerprint density at radius 2 is 1.63 bits per heavy atom. The van der Waals surface area contributed by atoms with Crippen LogP contribution in [0.5, 0.6) is 0 Å². The van der Waals surface area contributed by atoms with Gasteiger partial charge in [0.2, 0.25) is 5.95 Å². The van der Waals surface area contributed by atoms with Crippen molar-refractivity contribution in [2.75, 3.05) is 17.2 Å². The molecule has 0 aliphatic heterocycles. The summed E-state index contributed by atoms with van der Waals surface area (Å²) in [5.74, 6) is 0.671. The molecule has 0 spiro atoms. The maximum Gasteiger partial charge on any atom is 0.418 e. The van der Waals surface area contributed by atoms with Gasteiger partial charge in [-0.1, -0.05) is 42.5 Å². The zero-order valence-corrected chi connectivity index (χ0v) is 14.5. The summed E-state index contributed by atoms with van der Waals surface area (Å²) >= 11 is 0. The van der Waals surface area contributed by atoms with Crippen molar-refractivity contribution in [3.05, 3.63) is 78.0 Å². The van der Waals surface area contributed by atoms with E-state index in [9.17, 15) is 13.2 Å². The summed E-state index contributed by atoms with van der Waals surface area (Å²) in [5, 5.41) is 5.83. The fourth-order valence-corrected chi connectivity index (χ4v) is 2.63. The molecule has 0 saturated heterocycles. The molecule has 1 heterocycles. The van der Waals surface area contributed by atoms with E-state index in [0.717, 1.165) is 18.9 Å². The highest BCUT2D eigenvalue weighted by Crippen LogP contribution is 2.35. The molecular formula is C20H19F3N4. The van der Waals surface area contributed by atoms with Crippen LogP contribution < -0.4 is 10.6 Å². The van der Waals surface area contributed by atoms with Crippen molar-refractivity contribution in [2.24, 2.45) is 0 Å². The summed E-state index contributed by atoms with van der Waals surface area (Å²) < 4.78 is 39.3. The highest BCUT2D eigenvalue weighted by molar-refractivity contribution is 5.61. The smallest absolute Gasteiger partial charge is 0.354 e. The number of halogens is 3. The van der Waals surface area contributed by atoms with Crippen LogP contribution in [0.25, 0.3) is 0 Å². The summed E-state index contributed by atoms with van der Waals surface area (Å²) in [4.78, 5) is 8.35. The Bertz CT molecular complexity index is 866. The number of nitrogens with one attached hydrogen (secondary N) is 2. The lowest BCUT2D eigenvalue weighted by atomic mass is 10.1. The van der Waals surface area contributed by atoms with Crippen molar-refractivity contribution in [1.29, 1.82) is 0 Å². The minimum absolute atomic E-state index is 0.0428. The van der Waals surface area contributed by atoms with E-state index in [1.165, 1.54) is 30.0 Å². The number of anilines is 3. The zero-order valence-electron chi connectivity index (χ0n) is 14.5. The van der Waals surface area contributed by atoms with Crippen LogP contribution in [0.1, 0.15) is 17.5 Å². The molecular weight excluding hydrogens is 353 g/mol. The first-order chi connectivity index (χ1) is 13.0. The second-order valence-electron chi connectivity index (χ2n) is 5.95. The molecule has 27 heavy (non-hydrogen) atoms. The van der Waals surface area contributed by atoms with Gasteiger partial charge in [0.05, 0.1) is 11.3 Å². The third-order valence-corrected chi connectivity index (χ3v) is 3.92. The molecule has 7 heteroatoms. The molecule has 3 aromatic rings. The molecule has 4 nitrogen and oxygen atoms in total. The van der Waals surface area contributed by atoms with Gasteiger partial charge >= 0.3 is 6.18 Å². The number of hydrogen-bond acceptors (Lipinski definition) is 4. The number of rotatable bonds is 7. The molecule has 1 aromatic heterocycles. The topological polar surface area (TPSA) is 49.8 Å². The largest absolute Gasteiger partial charge is 0.418 e. The lowest BCUT2D eigenvalue weighted by molar-refractivity contribution is -0.136. The third-order valence-electron chi connectivity index (χ3n) is 3.92. The zero-order chi connectivity index (χ0) is 19.1. The Kier molecular flexibility index (Phi) is 5.90. The van der Waals surface area contributed by atoms with E-state index in [2.05, 4.69) is 32.7 Å². The summed E-state index contributed by atoms with van der Waals surface area (Å²) in [7, 11) is 0. The van der Waals surface area contributed by atoms with E-state index in [1.54, 1.807) is 6.07 Å². The molecule has 0 radical (unpaired) electrons. The Labute approximate surface area is 155 Å². The maximum atomic E-state index is 13.1. The minimum atomic E-state index is -4.44. The Hall–Kier alpha value is -3.09. The quantitative estimate of drug-likeness (QED) is 0.554. The number of alkyl halides is 3. The summed E-state index contributed by atoms with van der Waals surface area (Å²) in [6.07, 6.45) is -1.12. The molecule has 140 valence electrons. The third kappa shape index (κ3) is 5.44. The molecule has 2 aromatic carbocycles. The normalized spacial score (nSPS) is 11.2. The fraction of sp³-hybridized carbons (Fsp3) is 0.200. The molecule has 0 aliphatic carbocycles. The predicted octanol–water partition coefficient (Wildman–Crippen LogP) is 5.28. The number of aromatic nitrogens is 2. The van der Waals surface area contributed by atoms with Gasteiger partial charge in [0.25, 0.3) is 0 Å². The van der Waals surface area contributed by atoms with Crippen LogP contribution in [0.15, 0.2) is 66.9 Å². The minimum Gasteiger partial charge on any atom is -0.354 e. The van der Waals surface area contributed by atoms with Gasteiger partial charge in [-0.05, 0) is 36.6 Å². The molecule has 0 saturated carbocycles. The van der Waals surface area contributed by atoms with E-state index in [-0.39, 0.29) is 5.69 Å². The van der Waals surface area contributed by atoms with Crippen molar-refractivity contribution in [2.45, 2.75) is 19.0 Å². The monoisotopic (exact) mass is 372 g/mol. The molecule has 0 amide bonds. The van der Waals surface area contributed by atoms with E-state index >= 15 is 0 Å². The van der Waals surface area contributed by atoms with Gasteiger partial charge in [-0.15, -0.1) is 0 Å². The van der Waals surface area contributed by atoms with Crippen LogP contribution in [0.2, 0.25) is 0 Å². The van der Waals surface area contributed by atoms with Crippen LogP contribution in [-0.2, 0) is 12.6 Å². The van der Waals surface area contributed by atoms with E-state index in [4.69, 9.17) is 0 Å². The second-order valence-corrected chi connectivity index (χ2v) is 5.95. The Morgan fingerprint density at radius 3 is 2.41 bits per heavy atom. The second kappa shape index (κ2) is 8.53. The van der Waals surface area contributed by atoms with E-state index in [1.807, 2.05) is 18.2 Å². The van der Waals surface area contributed by atoms with E-state index < -0.39 is 11.7 Å². The van der Waals surface area contributed by atoms with Gasteiger partial charge in [0.1, 0.15) is 5.82 Å². The van der Waals surface area contributed by atoms with Crippen molar-refractivity contribution >= 4 is 17.5 Å². The first-order valence-corrected chi connectivity index (χ1v) is 8.56. The van der Waals surface area contributed by atoms with Crippen LogP contribution in [-0.4, -0.2) is 16.5 Å². The molecule has 0 aliphatic rings. The lowest BCUT2D eigenvalue weighted by Crippen LogP contribution is -2.10. The summed E-state index contributed by atoms with van der Waals surface area (Å²) in [6, 6.07) is 16.9. The number of aryl methyl sites for hydroxylation is 1. The average molecular weight is 372 g/mol. The SMILES string of the molecule is FC(F)(F)c1ccccc1Nc1ccnc(NCCCc2ccccc2)n1.